The Kier molecular flexibility index (Phi) is 5.95. The number of nitrogens with one attached hydrogen (secondary N) is 1. The molecule has 0 bridgehead atoms. The molecule has 0 saturated carbocycles. The van der Waals surface area contributed by atoms with Crippen LogP contribution < -0.4 is 14.8 Å². The molecule has 0 aliphatic carbocycles. The van der Waals surface area contributed by atoms with Crippen LogP contribution in [0.4, 0.5) is 0 Å². The van der Waals surface area contributed by atoms with E-state index in [9.17, 15) is 9.59 Å². The summed E-state index contributed by atoms with van der Waals surface area (Å²) < 4.78 is 10.4. The third-order valence-electron chi connectivity index (χ3n) is 3.69. The van der Waals surface area contributed by atoms with Crippen molar-refractivity contribution in [2.45, 2.75) is 19.9 Å². The first kappa shape index (κ1) is 17.5. The maximum Gasteiger partial charge on any atom is 0.224 e. The maximum absolute atomic E-state index is 12.2. The lowest BCUT2D eigenvalue weighted by atomic mass is 10.0. The Hall–Kier alpha value is -2.82. The van der Waals surface area contributed by atoms with Gasteiger partial charge in [0.15, 0.2) is 5.78 Å². The molecule has 0 aliphatic heterocycles. The zero-order valence-electron chi connectivity index (χ0n) is 14.1. The molecule has 5 heteroatoms. The van der Waals surface area contributed by atoms with Crippen molar-refractivity contribution in [2.75, 3.05) is 14.2 Å². The molecule has 1 amide bonds. The fourth-order valence-electron chi connectivity index (χ4n) is 2.32. The molecule has 2 aromatic carbocycles. The molecule has 0 atom stereocenters. The van der Waals surface area contributed by atoms with Gasteiger partial charge >= 0.3 is 0 Å². The molecular formula is C19H21NO4. The number of amides is 1. The Bertz CT molecular complexity index is 723. The van der Waals surface area contributed by atoms with E-state index < -0.39 is 0 Å². The van der Waals surface area contributed by atoms with Gasteiger partial charge in [0, 0.05) is 17.7 Å². The first-order valence-corrected chi connectivity index (χ1v) is 7.61. The number of methoxy groups -OCH3 is 2. The van der Waals surface area contributed by atoms with Crippen LogP contribution in [-0.2, 0) is 17.8 Å². The minimum Gasteiger partial charge on any atom is -0.497 e. The van der Waals surface area contributed by atoms with Gasteiger partial charge in [0.25, 0.3) is 0 Å². The predicted molar refractivity (Wildman–Crippen MR) is 91.5 cm³/mol. The number of benzene rings is 2. The van der Waals surface area contributed by atoms with Crippen LogP contribution in [0.1, 0.15) is 28.4 Å². The molecule has 0 aliphatic rings. The summed E-state index contributed by atoms with van der Waals surface area (Å²) in [7, 11) is 3.15. The molecule has 0 aromatic heterocycles. The minimum atomic E-state index is -0.134. The summed E-state index contributed by atoms with van der Waals surface area (Å²) in [6, 6.07) is 12.6. The van der Waals surface area contributed by atoms with Gasteiger partial charge in [0.1, 0.15) is 11.5 Å². The van der Waals surface area contributed by atoms with Crippen molar-refractivity contribution in [3.63, 3.8) is 0 Å². The van der Waals surface area contributed by atoms with E-state index in [2.05, 4.69) is 5.32 Å². The number of ketones is 1. The van der Waals surface area contributed by atoms with Crippen molar-refractivity contribution in [1.29, 1.82) is 0 Å². The number of hydrogen-bond acceptors (Lipinski definition) is 4. The summed E-state index contributed by atoms with van der Waals surface area (Å²) in [4.78, 5) is 23.7. The van der Waals surface area contributed by atoms with Gasteiger partial charge in [-0.05, 0) is 42.8 Å². The smallest absolute Gasteiger partial charge is 0.224 e. The summed E-state index contributed by atoms with van der Waals surface area (Å²) in [5.41, 5.74) is 2.24. The molecule has 0 unspecified atom stereocenters. The van der Waals surface area contributed by atoms with Gasteiger partial charge in [0.05, 0.1) is 20.6 Å². The first-order chi connectivity index (χ1) is 11.5. The van der Waals surface area contributed by atoms with Crippen LogP contribution in [0.2, 0.25) is 0 Å². The highest BCUT2D eigenvalue weighted by Gasteiger charge is 2.11. The summed E-state index contributed by atoms with van der Waals surface area (Å²) in [5.74, 6) is 1.19. The van der Waals surface area contributed by atoms with Crippen molar-refractivity contribution >= 4 is 11.7 Å². The van der Waals surface area contributed by atoms with E-state index in [4.69, 9.17) is 9.47 Å². The molecule has 126 valence electrons. The van der Waals surface area contributed by atoms with Crippen LogP contribution in [-0.4, -0.2) is 25.9 Å². The highest BCUT2D eigenvalue weighted by atomic mass is 16.5. The summed E-state index contributed by atoms with van der Waals surface area (Å²) >= 11 is 0. The van der Waals surface area contributed by atoms with Gasteiger partial charge in [-0.25, -0.2) is 0 Å². The fourth-order valence-corrected chi connectivity index (χ4v) is 2.32. The highest BCUT2D eigenvalue weighted by Crippen LogP contribution is 2.21. The normalized spacial score (nSPS) is 10.1. The summed E-state index contributed by atoms with van der Waals surface area (Å²) in [6.07, 6.45) is 0.153. The van der Waals surface area contributed by atoms with Gasteiger partial charge in [-0.2, -0.15) is 0 Å². The molecule has 0 spiro atoms. The minimum absolute atomic E-state index is 0.0439. The van der Waals surface area contributed by atoms with Crippen molar-refractivity contribution in [2.24, 2.45) is 0 Å². The Labute approximate surface area is 141 Å². The van der Waals surface area contributed by atoms with Gasteiger partial charge in [-0.3, -0.25) is 9.59 Å². The third kappa shape index (κ3) is 4.59. The van der Waals surface area contributed by atoms with Gasteiger partial charge in [-0.15, -0.1) is 0 Å². The maximum atomic E-state index is 12.2. The number of hydrogen-bond donors (Lipinski definition) is 1. The quantitative estimate of drug-likeness (QED) is 0.794. The second-order valence-corrected chi connectivity index (χ2v) is 5.38. The van der Waals surface area contributed by atoms with Crippen molar-refractivity contribution in [3.8, 4) is 11.5 Å². The van der Waals surface area contributed by atoms with Crippen molar-refractivity contribution < 1.29 is 19.1 Å². The molecule has 2 rings (SSSR count). The number of ether oxygens (including phenoxy) is 2. The predicted octanol–water partition coefficient (Wildman–Crippen LogP) is 2.77. The number of Topliss-reactive ketones (excluding diaryl/α,β-unsaturated/α-hetero) is 1. The second-order valence-electron chi connectivity index (χ2n) is 5.38. The van der Waals surface area contributed by atoms with Crippen LogP contribution in [0, 0.1) is 0 Å². The lowest BCUT2D eigenvalue weighted by Gasteiger charge is -2.11. The lowest BCUT2D eigenvalue weighted by Crippen LogP contribution is -2.24. The highest BCUT2D eigenvalue weighted by molar-refractivity contribution is 5.94. The van der Waals surface area contributed by atoms with Crippen LogP contribution in [0.3, 0.4) is 0 Å². The van der Waals surface area contributed by atoms with Gasteiger partial charge in [0.2, 0.25) is 5.91 Å². The monoisotopic (exact) mass is 327 g/mol. The Balaban J connectivity index is 2.00. The van der Waals surface area contributed by atoms with Gasteiger partial charge in [-0.1, -0.05) is 12.1 Å². The molecule has 0 saturated heterocycles. The molecular weight excluding hydrogens is 306 g/mol. The zero-order valence-corrected chi connectivity index (χ0v) is 14.1. The van der Waals surface area contributed by atoms with Crippen LogP contribution >= 0.6 is 0 Å². The SMILES string of the molecule is COc1ccc(CNC(=O)Cc2cc(C(C)=O)ccc2OC)cc1. The topological polar surface area (TPSA) is 64.6 Å². The largest absolute Gasteiger partial charge is 0.497 e. The van der Waals surface area contributed by atoms with Crippen LogP contribution in [0.15, 0.2) is 42.5 Å². The molecule has 2 aromatic rings. The molecule has 0 heterocycles. The fraction of sp³-hybridized carbons (Fsp3) is 0.263. The third-order valence-corrected chi connectivity index (χ3v) is 3.69. The molecule has 1 N–H and O–H groups in total. The molecule has 5 nitrogen and oxygen atoms in total. The van der Waals surface area contributed by atoms with E-state index in [1.807, 2.05) is 24.3 Å². The van der Waals surface area contributed by atoms with E-state index >= 15 is 0 Å². The molecule has 24 heavy (non-hydrogen) atoms. The number of carbonyl (C=O) groups excluding carboxylic acids is 2. The van der Waals surface area contributed by atoms with Crippen molar-refractivity contribution in [1.82, 2.24) is 5.32 Å². The van der Waals surface area contributed by atoms with Gasteiger partial charge < -0.3 is 14.8 Å². The number of carbonyl (C=O) groups is 2. The summed E-state index contributed by atoms with van der Waals surface area (Å²) in [5, 5.41) is 2.86. The standard InChI is InChI=1S/C19H21NO4/c1-13(21)15-6-9-18(24-3)16(10-15)11-19(22)20-12-14-4-7-17(23-2)8-5-14/h4-10H,11-12H2,1-3H3,(H,20,22). The Morgan fingerprint density at radius 3 is 2.29 bits per heavy atom. The van der Waals surface area contributed by atoms with E-state index in [1.54, 1.807) is 32.4 Å². The molecule has 0 fully saturated rings. The average Bonchev–Trinajstić information content (AvgIpc) is 2.60. The number of rotatable bonds is 7. The Morgan fingerprint density at radius 1 is 1.00 bits per heavy atom. The zero-order chi connectivity index (χ0) is 17.5. The lowest BCUT2D eigenvalue weighted by molar-refractivity contribution is -0.120. The molecule has 0 radical (unpaired) electrons. The van der Waals surface area contributed by atoms with Crippen molar-refractivity contribution in [3.05, 3.63) is 59.2 Å². The first-order valence-electron chi connectivity index (χ1n) is 7.61. The van der Waals surface area contributed by atoms with Crippen LogP contribution in [0.25, 0.3) is 0 Å². The Morgan fingerprint density at radius 2 is 1.71 bits per heavy atom. The second kappa shape index (κ2) is 8.15. The van der Waals surface area contributed by atoms with Crippen LogP contribution in [0.5, 0.6) is 11.5 Å². The summed E-state index contributed by atoms with van der Waals surface area (Å²) in [6.45, 7) is 1.92. The van der Waals surface area contributed by atoms with E-state index in [0.29, 0.717) is 23.4 Å². The van der Waals surface area contributed by atoms with E-state index in [0.717, 1.165) is 11.3 Å². The van der Waals surface area contributed by atoms with E-state index in [1.165, 1.54) is 6.92 Å². The average molecular weight is 327 g/mol. The van der Waals surface area contributed by atoms with E-state index in [-0.39, 0.29) is 18.1 Å².